The Morgan fingerprint density at radius 1 is 1.05 bits per heavy atom. The minimum atomic E-state index is 0.787. The van der Waals surface area contributed by atoms with Crippen molar-refractivity contribution in [1.29, 1.82) is 0 Å². The number of rotatable bonds is 6. The average molecular weight is 336 g/mol. The van der Waals surface area contributed by atoms with E-state index in [-0.39, 0.29) is 0 Å². The molecule has 0 aliphatic carbocycles. The topological polar surface area (TPSA) is 30.5 Å². The third-order valence-corrected chi connectivity index (χ3v) is 3.38. The van der Waals surface area contributed by atoms with E-state index in [1.807, 2.05) is 36.4 Å². The molecule has 20 heavy (non-hydrogen) atoms. The first-order chi connectivity index (χ1) is 9.72. The third kappa shape index (κ3) is 3.99. The summed E-state index contributed by atoms with van der Waals surface area (Å²) in [6, 6.07) is 13.6. The van der Waals surface area contributed by atoms with Crippen molar-refractivity contribution in [2.24, 2.45) is 0 Å². The minimum Gasteiger partial charge on any atom is -0.497 e. The highest BCUT2D eigenvalue weighted by molar-refractivity contribution is 9.10. The molecule has 3 nitrogen and oxygen atoms in total. The Hall–Kier alpha value is -1.52. The number of methoxy groups -OCH3 is 1. The number of nitrogens with one attached hydrogen (secondary N) is 1. The fraction of sp³-hybridized carbons (Fsp3) is 0.250. The Labute approximate surface area is 128 Å². The first-order valence-corrected chi connectivity index (χ1v) is 7.33. The zero-order chi connectivity index (χ0) is 14.4. The molecular formula is C16H18BrNO2. The summed E-state index contributed by atoms with van der Waals surface area (Å²) in [5, 5.41) is 3.31. The van der Waals surface area contributed by atoms with Crippen molar-refractivity contribution < 1.29 is 9.47 Å². The smallest absolute Gasteiger partial charge is 0.133 e. The zero-order valence-electron chi connectivity index (χ0n) is 11.7. The molecule has 0 amide bonds. The van der Waals surface area contributed by atoms with Crippen LogP contribution in [0, 0.1) is 0 Å². The van der Waals surface area contributed by atoms with Gasteiger partial charge < -0.3 is 14.8 Å². The highest BCUT2D eigenvalue weighted by Gasteiger charge is 2.06. The molecule has 0 aliphatic heterocycles. The average Bonchev–Trinajstić information content (AvgIpc) is 2.47. The van der Waals surface area contributed by atoms with E-state index >= 15 is 0 Å². The molecule has 0 radical (unpaired) electrons. The summed E-state index contributed by atoms with van der Waals surface area (Å²) in [5.41, 5.74) is 1.13. The summed E-state index contributed by atoms with van der Waals surface area (Å²) in [6.07, 6.45) is 0. The molecule has 0 atom stereocenters. The Morgan fingerprint density at radius 2 is 1.75 bits per heavy atom. The maximum atomic E-state index is 5.96. The lowest BCUT2D eigenvalue weighted by Gasteiger charge is -2.12. The molecule has 2 rings (SSSR count). The van der Waals surface area contributed by atoms with Crippen LogP contribution < -0.4 is 14.8 Å². The van der Waals surface area contributed by atoms with Gasteiger partial charge in [0.1, 0.15) is 17.2 Å². The van der Waals surface area contributed by atoms with Crippen LogP contribution >= 0.6 is 15.9 Å². The molecule has 0 unspecified atom stereocenters. The van der Waals surface area contributed by atoms with Crippen LogP contribution in [-0.2, 0) is 6.54 Å². The largest absolute Gasteiger partial charge is 0.497 e. The predicted molar refractivity (Wildman–Crippen MR) is 84.6 cm³/mol. The van der Waals surface area contributed by atoms with Crippen LogP contribution in [0.5, 0.6) is 17.2 Å². The van der Waals surface area contributed by atoms with Crippen LogP contribution in [0.3, 0.4) is 0 Å². The van der Waals surface area contributed by atoms with Gasteiger partial charge in [0.2, 0.25) is 0 Å². The van der Waals surface area contributed by atoms with Crippen molar-refractivity contribution in [1.82, 2.24) is 5.32 Å². The van der Waals surface area contributed by atoms with Gasteiger partial charge >= 0.3 is 0 Å². The zero-order valence-corrected chi connectivity index (χ0v) is 13.2. The van der Waals surface area contributed by atoms with Gasteiger partial charge in [-0.05, 0) is 42.9 Å². The molecule has 2 aromatic carbocycles. The molecule has 106 valence electrons. The van der Waals surface area contributed by atoms with Crippen LogP contribution in [0.4, 0.5) is 0 Å². The molecule has 0 fully saturated rings. The second-order valence-electron chi connectivity index (χ2n) is 4.31. The molecule has 0 aliphatic rings. The van der Waals surface area contributed by atoms with E-state index in [1.165, 1.54) is 0 Å². The predicted octanol–water partition coefficient (Wildman–Crippen LogP) is 4.36. The van der Waals surface area contributed by atoms with Crippen LogP contribution in [0.15, 0.2) is 46.9 Å². The standard InChI is InChI=1S/C16H18BrNO2/c1-3-18-11-12-4-5-13(17)10-16(12)20-15-8-6-14(19-2)7-9-15/h4-10,18H,3,11H2,1-2H3. The second kappa shape index (κ2) is 7.31. The van der Waals surface area contributed by atoms with Gasteiger partial charge in [-0.25, -0.2) is 0 Å². The van der Waals surface area contributed by atoms with Gasteiger partial charge in [-0.15, -0.1) is 0 Å². The maximum Gasteiger partial charge on any atom is 0.133 e. The summed E-state index contributed by atoms with van der Waals surface area (Å²) in [5.74, 6) is 2.46. The van der Waals surface area contributed by atoms with Crippen LogP contribution in [0.25, 0.3) is 0 Å². The van der Waals surface area contributed by atoms with E-state index in [4.69, 9.17) is 9.47 Å². The number of halogens is 1. The molecule has 2 aromatic rings. The monoisotopic (exact) mass is 335 g/mol. The lowest BCUT2D eigenvalue weighted by molar-refractivity contribution is 0.412. The first-order valence-electron chi connectivity index (χ1n) is 6.54. The lowest BCUT2D eigenvalue weighted by atomic mass is 10.2. The Morgan fingerprint density at radius 3 is 2.40 bits per heavy atom. The van der Waals surface area contributed by atoms with E-state index in [0.29, 0.717) is 0 Å². The number of hydrogen-bond acceptors (Lipinski definition) is 3. The van der Waals surface area contributed by atoms with Gasteiger partial charge in [0.25, 0.3) is 0 Å². The SMILES string of the molecule is CCNCc1ccc(Br)cc1Oc1ccc(OC)cc1. The van der Waals surface area contributed by atoms with Crippen molar-refractivity contribution >= 4 is 15.9 Å². The molecule has 0 aromatic heterocycles. The van der Waals surface area contributed by atoms with Gasteiger partial charge in [0.05, 0.1) is 7.11 Å². The van der Waals surface area contributed by atoms with Crippen LogP contribution in [-0.4, -0.2) is 13.7 Å². The number of hydrogen-bond donors (Lipinski definition) is 1. The Bertz CT molecular complexity index is 555. The van der Waals surface area contributed by atoms with Crippen molar-refractivity contribution in [3.05, 3.63) is 52.5 Å². The van der Waals surface area contributed by atoms with E-state index in [9.17, 15) is 0 Å². The molecule has 0 spiro atoms. The molecule has 0 saturated heterocycles. The molecule has 0 saturated carbocycles. The highest BCUT2D eigenvalue weighted by atomic mass is 79.9. The van der Waals surface area contributed by atoms with Gasteiger partial charge in [0, 0.05) is 16.6 Å². The highest BCUT2D eigenvalue weighted by Crippen LogP contribution is 2.29. The quantitative estimate of drug-likeness (QED) is 0.850. The molecule has 0 bridgehead atoms. The summed E-state index contributed by atoms with van der Waals surface area (Å²) < 4.78 is 12.1. The van der Waals surface area contributed by atoms with Crippen molar-refractivity contribution in [3.63, 3.8) is 0 Å². The number of benzene rings is 2. The van der Waals surface area contributed by atoms with Gasteiger partial charge in [-0.1, -0.05) is 28.9 Å². The van der Waals surface area contributed by atoms with E-state index < -0.39 is 0 Å². The first kappa shape index (κ1) is 14.9. The van der Waals surface area contributed by atoms with Gasteiger partial charge in [-0.2, -0.15) is 0 Å². The van der Waals surface area contributed by atoms with Gasteiger partial charge in [-0.3, -0.25) is 0 Å². The minimum absolute atomic E-state index is 0.787. The molecular weight excluding hydrogens is 318 g/mol. The number of ether oxygens (including phenoxy) is 2. The summed E-state index contributed by atoms with van der Waals surface area (Å²) >= 11 is 3.48. The summed E-state index contributed by atoms with van der Waals surface area (Å²) in [6.45, 7) is 3.80. The van der Waals surface area contributed by atoms with Gasteiger partial charge in [0.15, 0.2) is 0 Å². The normalized spacial score (nSPS) is 10.3. The van der Waals surface area contributed by atoms with Crippen molar-refractivity contribution in [3.8, 4) is 17.2 Å². The summed E-state index contributed by atoms with van der Waals surface area (Å²) in [7, 11) is 1.65. The van der Waals surface area contributed by atoms with Crippen molar-refractivity contribution in [2.45, 2.75) is 13.5 Å². The van der Waals surface area contributed by atoms with E-state index in [0.717, 1.165) is 40.4 Å². The Kier molecular flexibility index (Phi) is 5.44. The summed E-state index contributed by atoms with van der Waals surface area (Å²) in [4.78, 5) is 0. The van der Waals surface area contributed by atoms with Crippen molar-refractivity contribution in [2.75, 3.05) is 13.7 Å². The second-order valence-corrected chi connectivity index (χ2v) is 5.23. The third-order valence-electron chi connectivity index (χ3n) is 2.88. The molecule has 1 N–H and O–H groups in total. The maximum absolute atomic E-state index is 5.96. The molecule has 0 heterocycles. The Balaban J connectivity index is 2.19. The fourth-order valence-corrected chi connectivity index (χ4v) is 2.14. The van der Waals surface area contributed by atoms with Crippen LogP contribution in [0.1, 0.15) is 12.5 Å². The van der Waals surface area contributed by atoms with E-state index in [2.05, 4.69) is 34.2 Å². The van der Waals surface area contributed by atoms with E-state index in [1.54, 1.807) is 7.11 Å². The fourth-order valence-electron chi connectivity index (χ4n) is 1.80. The van der Waals surface area contributed by atoms with Crippen LogP contribution in [0.2, 0.25) is 0 Å². The molecule has 4 heteroatoms. The lowest BCUT2D eigenvalue weighted by Crippen LogP contribution is -2.12.